The molecule has 1 aromatic rings. The van der Waals surface area contributed by atoms with E-state index in [4.69, 9.17) is 5.14 Å². The van der Waals surface area contributed by atoms with Crippen molar-refractivity contribution in [2.24, 2.45) is 11.1 Å². The van der Waals surface area contributed by atoms with Crippen molar-refractivity contribution in [2.45, 2.75) is 6.42 Å². The summed E-state index contributed by atoms with van der Waals surface area (Å²) in [5.74, 6) is -1.16. The summed E-state index contributed by atoms with van der Waals surface area (Å²) in [5.41, 5.74) is -0.0709. The minimum atomic E-state index is -3.70. The lowest BCUT2D eigenvalue weighted by Gasteiger charge is -2.18. The van der Waals surface area contributed by atoms with Crippen molar-refractivity contribution in [1.82, 2.24) is 0 Å². The molecule has 1 aromatic carbocycles. The fourth-order valence-corrected chi connectivity index (χ4v) is 3.81. The van der Waals surface area contributed by atoms with E-state index in [1.165, 1.54) is 17.0 Å². The largest absolute Gasteiger partial charge is 0.305 e. The van der Waals surface area contributed by atoms with Gasteiger partial charge in [0.25, 0.3) is 5.69 Å². The van der Waals surface area contributed by atoms with Crippen LogP contribution >= 0.6 is 15.9 Å². The molecule has 10 heteroatoms. The van der Waals surface area contributed by atoms with Crippen LogP contribution in [0.25, 0.3) is 0 Å². The standard InChI is InChI=1S/C11H12BrN3O5S/c12-8-2-1-3-9(15(17)18)11(8)14-5-7(4-10(14)16)6-21(13,19)20/h1-3,7H,4-6H2,(H2,13,19,20). The fourth-order valence-electron chi connectivity index (χ4n) is 2.36. The number of benzene rings is 1. The van der Waals surface area contributed by atoms with E-state index in [1.807, 2.05) is 0 Å². The predicted octanol–water partition coefficient (Wildman–Crippen LogP) is 0.999. The van der Waals surface area contributed by atoms with Gasteiger partial charge < -0.3 is 4.90 Å². The quantitative estimate of drug-likeness (QED) is 0.618. The lowest BCUT2D eigenvalue weighted by molar-refractivity contribution is -0.384. The van der Waals surface area contributed by atoms with Crippen LogP contribution < -0.4 is 10.0 Å². The minimum absolute atomic E-state index is 0.00504. The summed E-state index contributed by atoms with van der Waals surface area (Å²) in [6.45, 7) is 0.0821. The maximum atomic E-state index is 12.0. The van der Waals surface area contributed by atoms with Crippen LogP contribution in [-0.4, -0.2) is 31.5 Å². The highest BCUT2D eigenvalue weighted by molar-refractivity contribution is 9.10. The van der Waals surface area contributed by atoms with Crippen molar-refractivity contribution in [3.63, 3.8) is 0 Å². The molecular formula is C11H12BrN3O5S. The third-order valence-corrected chi connectivity index (χ3v) is 4.68. The highest BCUT2D eigenvalue weighted by Gasteiger charge is 2.36. The first-order chi connectivity index (χ1) is 9.69. The number of nitrogens with two attached hydrogens (primary N) is 1. The van der Waals surface area contributed by atoms with E-state index >= 15 is 0 Å². The summed E-state index contributed by atoms with van der Waals surface area (Å²) in [6, 6.07) is 4.37. The van der Waals surface area contributed by atoms with Gasteiger partial charge in [-0.2, -0.15) is 0 Å². The number of nitro benzene ring substituents is 1. The molecule has 0 aliphatic carbocycles. The highest BCUT2D eigenvalue weighted by atomic mass is 79.9. The number of rotatable bonds is 4. The zero-order valence-electron chi connectivity index (χ0n) is 10.7. The summed E-state index contributed by atoms with van der Waals surface area (Å²) in [5, 5.41) is 16.1. The Morgan fingerprint density at radius 2 is 2.14 bits per heavy atom. The van der Waals surface area contributed by atoms with Crippen LogP contribution in [0.2, 0.25) is 0 Å². The van der Waals surface area contributed by atoms with Gasteiger partial charge >= 0.3 is 0 Å². The van der Waals surface area contributed by atoms with Crippen LogP contribution in [-0.2, 0) is 14.8 Å². The SMILES string of the molecule is NS(=O)(=O)CC1CC(=O)N(c2c(Br)cccc2[N+](=O)[O-])C1. The molecule has 1 aliphatic heterocycles. The first-order valence-electron chi connectivity index (χ1n) is 5.93. The van der Waals surface area contributed by atoms with Gasteiger partial charge in [0.05, 0.1) is 10.7 Å². The molecule has 21 heavy (non-hydrogen) atoms. The van der Waals surface area contributed by atoms with Gasteiger partial charge in [-0.05, 0) is 22.0 Å². The van der Waals surface area contributed by atoms with Crippen molar-refractivity contribution in [3.05, 3.63) is 32.8 Å². The summed E-state index contributed by atoms with van der Waals surface area (Å²) in [4.78, 5) is 23.8. The number of carbonyl (C=O) groups excluding carboxylic acids is 1. The molecule has 1 amide bonds. The number of amides is 1. The van der Waals surface area contributed by atoms with Gasteiger partial charge in [-0.15, -0.1) is 0 Å². The van der Waals surface area contributed by atoms with E-state index < -0.39 is 20.9 Å². The van der Waals surface area contributed by atoms with E-state index in [0.717, 1.165) is 0 Å². The molecule has 0 spiro atoms. The molecule has 0 bridgehead atoms. The second-order valence-electron chi connectivity index (χ2n) is 4.77. The highest BCUT2D eigenvalue weighted by Crippen LogP contribution is 2.38. The molecule has 8 nitrogen and oxygen atoms in total. The molecule has 2 rings (SSSR count). The van der Waals surface area contributed by atoms with Gasteiger partial charge in [0.1, 0.15) is 5.69 Å². The number of anilines is 1. The Bertz CT molecular complexity index is 706. The Labute approximate surface area is 129 Å². The molecule has 114 valence electrons. The number of hydrogen-bond donors (Lipinski definition) is 1. The van der Waals surface area contributed by atoms with Crippen molar-refractivity contribution in [3.8, 4) is 0 Å². The first kappa shape index (κ1) is 15.9. The van der Waals surface area contributed by atoms with E-state index in [9.17, 15) is 23.3 Å². The van der Waals surface area contributed by atoms with Crippen molar-refractivity contribution in [2.75, 3.05) is 17.2 Å². The number of primary sulfonamides is 1. The Morgan fingerprint density at radius 1 is 1.48 bits per heavy atom. The van der Waals surface area contributed by atoms with Gasteiger partial charge in [0.2, 0.25) is 15.9 Å². The van der Waals surface area contributed by atoms with Crippen molar-refractivity contribution < 1.29 is 18.1 Å². The Balaban J connectivity index is 2.36. The smallest absolute Gasteiger partial charge is 0.294 e. The van der Waals surface area contributed by atoms with E-state index in [-0.39, 0.29) is 36.0 Å². The van der Waals surface area contributed by atoms with Crippen LogP contribution in [0.5, 0.6) is 0 Å². The monoisotopic (exact) mass is 377 g/mol. The maximum Gasteiger partial charge on any atom is 0.294 e. The van der Waals surface area contributed by atoms with E-state index in [2.05, 4.69) is 15.9 Å². The van der Waals surface area contributed by atoms with E-state index in [1.54, 1.807) is 6.07 Å². The summed E-state index contributed by atoms with van der Waals surface area (Å²) >= 11 is 3.19. The summed E-state index contributed by atoms with van der Waals surface area (Å²) in [7, 11) is -3.70. The third kappa shape index (κ3) is 3.57. The Morgan fingerprint density at radius 3 is 2.71 bits per heavy atom. The molecular weight excluding hydrogens is 366 g/mol. The van der Waals surface area contributed by atoms with Crippen molar-refractivity contribution >= 4 is 43.2 Å². The van der Waals surface area contributed by atoms with Crippen LogP contribution in [0.1, 0.15) is 6.42 Å². The lowest BCUT2D eigenvalue weighted by Crippen LogP contribution is -2.28. The molecule has 0 aromatic heterocycles. The molecule has 1 saturated heterocycles. The average molecular weight is 378 g/mol. The van der Waals surface area contributed by atoms with Gasteiger partial charge in [-0.3, -0.25) is 14.9 Å². The zero-order chi connectivity index (χ0) is 15.8. The fraction of sp³-hybridized carbons (Fsp3) is 0.364. The van der Waals surface area contributed by atoms with Crippen LogP contribution in [0.15, 0.2) is 22.7 Å². The first-order valence-corrected chi connectivity index (χ1v) is 8.43. The molecule has 2 N–H and O–H groups in total. The van der Waals surface area contributed by atoms with Gasteiger partial charge in [0, 0.05) is 29.4 Å². The van der Waals surface area contributed by atoms with Crippen LogP contribution in [0, 0.1) is 16.0 Å². The zero-order valence-corrected chi connectivity index (χ0v) is 13.1. The van der Waals surface area contributed by atoms with Gasteiger partial charge in [0.15, 0.2) is 0 Å². The maximum absolute atomic E-state index is 12.0. The van der Waals surface area contributed by atoms with Crippen molar-refractivity contribution in [1.29, 1.82) is 0 Å². The topological polar surface area (TPSA) is 124 Å². The number of halogens is 1. The summed E-state index contributed by atoms with van der Waals surface area (Å²) < 4.78 is 22.6. The Kier molecular flexibility index (Phi) is 4.30. The normalized spacial score (nSPS) is 19.0. The lowest BCUT2D eigenvalue weighted by atomic mass is 10.1. The number of hydrogen-bond acceptors (Lipinski definition) is 5. The average Bonchev–Trinajstić information content (AvgIpc) is 2.66. The second-order valence-corrected chi connectivity index (χ2v) is 7.28. The van der Waals surface area contributed by atoms with E-state index in [0.29, 0.717) is 4.47 Å². The van der Waals surface area contributed by atoms with Gasteiger partial charge in [-0.1, -0.05) is 6.07 Å². The predicted molar refractivity (Wildman–Crippen MR) is 79.2 cm³/mol. The number of carbonyl (C=O) groups is 1. The van der Waals surface area contributed by atoms with Gasteiger partial charge in [-0.25, -0.2) is 13.6 Å². The van der Waals surface area contributed by atoms with Crippen LogP contribution in [0.3, 0.4) is 0 Å². The Hall–Kier alpha value is -1.52. The number of nitrogens with zero attached hydrogens (tertiary/aromatic N) is 2. The molecule has 0 radical (unpaired) electrons. The second kappa shape index (κ2) is 5.70. The minimum Gasteiger partial charge on any atom is -0.305 e. The number of sulfonamides is 1. The molecule has 1 aliphatic rings. The molecule has 0 saturated carbocycles. The molecule has 1 heterocycles. The number of para-hydroxylation sites is 1. The molecule has 1 atom stereocenters. The third-order valence-electron chi connectivity index (χ3n) is 3.11. The summed E-state index contributed by atoms with van der Waals surface area (Å²) in [6.07, 6.45) is -0.00504. The molecule has 1 unspecified atom stereocenters. The number of nitro groups is 1. The molecule has 1 fully saturated rings. The van der Waals surface area contributed by atoms with Crippen LogP contribution in [0.4, 0.5) is 11.4 Å².